The summed E-state index contributed by atoms with van der Waals surface area (Å²) in [4.78, 5) is 26.1. The van der Waals surface area contributed by atoms with E-state index in [9.17, 15) is 19.8 Å². The first-order valence-electron chi connectivity index (χ1n) is 7.24. The fourth-order valence-electron chi connectivity index (χ4n) is 2.59. The van der Waals surface area contributed by atoms with Gasteiger partial charge in [0.05, 0.1) is 24.4 Å². The van der Waals surface area contributed by atoms with Crippen LogP contribution < -0.4 is 11.2 Å². The predicted molar refractivity (Wildman–Crippen MR) is 78.2 cm³/mol. The lowest BCUT2D eigenvalue weighted by Crippen LogP contribution is -2.39. The second-order valence-corrected chi connectivity index (χ2v) is 5.61. The van der Waals surface area contributed by atoms with Crippen LogP contribution in [0.5, 0.6) is 0 Å². The smallest absolute Gasteiger partial charge is 0.330 e. The second kappa shape index (κ2) is 6.28. The Bertz CT molecular complexity index is 842. The van der Waals surface area contributed by atoms with Crippen molar-refractivity contribution in [3.8, 4) is 0 Å². The van der Waals surface area contributed by atoms with E-state index < -0.39 is 42.4 Å². The second-order valence-electron chi connectivity index (χ2n) is 5.61. The van der Waals surface area contributed by atoms with Crippen LogP contribution in [0.4, 0.5) is 0 Å². The van der Waals surface area contributed by atoms with Crippen molar-refractivity contribution in [1.82, 2.24) is 24.5 Å². The fraction of sp³-hybridized carbons (Fsp3) is 0.538. The lowest BCUT2D eigenvalue weighted by atomic mass is 10.1. The first-order chi connectivity index (χ1) is 11.4. The lowest BCUT2D eigenvalue weighted by molar-refractivity contribution is -0.0551. The van der Waals surface area contributed by atoms with Crippen LogP contribution in [0.3, 0.4) is 0 Å². The number of H-pyrrole nitrogens is 1. The van der Waals surface area contributed by atoms with Gasteiger partial charge in [-0.05, 0) is 6.92 Å². The summed E-state index contributed by atoms with van der Waals surface area (Å²) in [6.45, 7) is 1.29. The van der Waals surface area contributed by atoms with Crippen LogP contribution in [-0.2, 0) is 11.3 Å². The minimum absolute atomic E-state index is 0.0608. The molecule has 1 aliphatic rings. The van der Waals surface area contributed by atoms with Crippen LogP contribution in [0, 0.1) is 6.92 Å². The average Bonchev–Trinajstić information content (AvgIpc) is 3.07. The van der Waals surface area contributed by atoms with E-state index in [1.807, 2.05) is 0 Å². The molecule has 11 nitrogen and oxygen atoms in total. The molecule has 4 atom stereocenters. The molecule has 3 rings (SSSR count). The Balaban J connectivity index is 1.96. The predicted octanol–water partition coefficient (Wildman–Crippen LogP) is -2.90. The number of nitrogens with zero attached hydrogens (tertiary/aromatic N) is 4. The normalized spacial score (nSPS) is 26.8. The van der Waals surface area contributed by atoms with Crippen LogP contribution in [0.25, 0.3) is 0 Å². The molecule has 1 aliphatic heterocycles. The van der Waals surface area contributed by atoms with Crippen LogP contribution in [-0.4, -0.2) is 64.8 Å². The molecular weight excluding hydrogens is 322 g/mol. The number of rotatable bonds is 4. The first-order valence-corrected chi connectivity index (χ1v) is 7.24. The maximum Gasteiger partial charge on any atom is 0.330 e. The van der Waals surface area contributed by atoms with E-state index in [0.717, 1.165) is 4.57 Å². The Labute approximate surface area is 134 Å². The van der Waals surface area contributed by atoms with E-state index in [4.69, 9.17) is 9.84 Å². The van der Waals surface area contributed by atoms with Gasteiger partial charge >= 0.3 is 5.69 Å². The summed E-state index contributed by atoms with van der Waals surface area (Å²) in [6, 6.07) is 0. The average molecular weight is 339 g/mol. The molecule has 0 spiro atoms. The highest BCUT2D eigenvalue weighted by Crippen LogP contribution is 2.27. The number of aromatic nitrogens is 5. The molecule has 1 saturated heterocycles. The van der Waals surface area contributed by atoms with Gasteiger partial charge in [0.1, 0.15) is 18.3 Å². The van der Waals surface area contributed by atoms with Gasteiger partial charge in [-0.2, -0.15) is 0 Å². The number of nitrogens with one attached hydrogen (secondary N) is 1. The van der Waals surface area contributed by atoms with E-state index in [2.05, 4.69) is 15.3 Å². The maximum absolute atomic E-state index is 12.0. The summed E-state index contributed by atoms with van der Waals surface area (Å²) in [5.41, 5.74) is -0.537. The minimum Gasteiger partial charge on any atom is -0.394 e. The van der Waals surface area contributed by atoms with E-state index in [1.165, 1.54) is 10.9 Å². The Kier molecular flexibility index (Phi) is 4.32. The van der Waals surface area contributed by atoms with Crippen molar-refractivity contribution in [2.75, 3.05) is 6.61 Å². The Morgan fingerprint density at radius 2 is 2.04 bits per heavy atom. The molecule has 1 unspecified atom stereocenters. The summed E-state index contributed by atoms with van der Waals surface area (Å²) in [5, 5.41) is 36.6. The van der Waals surface area contributed by atoms with Crippen LogP contribution in [0.1, 0.15) is 17.5 Å². The molecule has 2 aromatic heterocycles. The molecule has 11 heteroatoms. The first kappa shape index (κ1) is 16.5. The van der Waals surface area contributed by atoms with Gasteiger partial charge in [0.15, 0.2) is 6.23 Å². The van der Waals surface area contributed by atoms with Gasteiger partial charge in [-0.25, -0.2) is 9.48 Å². The topological polar surface area (TPSA) is 155 Å². The van der Waals surface area contributed by atoms with Crippen molar-refractivity contribution in [1.29, 1.82) is 0 Å². The molecule has 0 aliphatic carbocycles. The summed E-state index contributed by atoms with van der Waals surface area (Å²) in [7, 11) is 0. The Hall–Kier alpha value is -2.34. The number of aryl methyl sites for hydroxylation is 1. The molecular formula is C13H17N5O6. The maximum atomic E-state index is 12.0. The lowest BCUT2D eigenvalue weighted by Gasteiger charge is -2.17. The van der Waals surface area contributed by atoms with Crippen molar-refractivity contribution in [2.24, 2.45) is 0 Å². The summed E-state index contributed by atoms with van der Waals surface area (Å²) >= 11 is 0. The zero-order valence-corrected chi connectivity index (χ0v) is 12.7. The van der Waals surface area contributed by atoms with E-state index in [0.29, 0.717) is 5.69 Å². The highest BCUT2D eigenvalue weighted by molar-refractivity contribution is 5.07. The third-order valence-corrected chi connectivity index (χ3v) is 3.82. The molecule has 4 N–H and O–H groups in total. The quantitative estimate of drug-likeness (QED) is 0.462. The Morgan fingerprint density at radius 1 is 1.29 bits per heavy atom. The molecule has 2 aromatic rings. The largest absolute Gasteiger partial charge is 0.394 e. The molecule has 3 heterocycles. The van der Waals surface area contributed by atoms with Crippen molar-refractivity contribution < 1.29 is 20.1 Å². The molecule has 0 bridgehead atoms. The van der Waals surface area contributed by atoms with E-state index >= 15 is 0 Å². The molecule has 0 radical (unpaired) electrons. The molecule has 0 aromatic carbocycles. The number of aromatic amines is 1. The third-order valence-electron chi connectivity index (χ3n) is 3.82. The molecule has 1 fully saturated rings. The van der Waals surface area contributed by atoms with Gasteiger partial charge in [-0.3, -0.25) is 14.3 Å². The van der Waals surface area contributed by atoms with Gasteiger partial charge < -0.3 is 20.1 Å². The highest BCUT2D eigenvalue weighted by Gasteiger charge is 2.43. The fourth-order valence-corrected chi connectivity index (χ4v) is 2.59. The zero-order chi connectivity index (χ0) is 17.4. The number of hydrogen-bond donors (Lipinski definition) is 4. The SMILES string of the molecule is Cc1cn(Cc2cn([C@@H]3O[C@H](CO)C(O)[C@@H]3O)c(=O)[nH]c2=O)nn1. The Morgan fingerprint density at radius 3 is 2.62 bits per heavy atom. The summed E-state index contributed by atoms with van der Waals surface area (Å²) in [6.07, 6.45) is -2.16. The van der Waals surface area contributed by atoms with Gasteiger partial charge in [0, 0.05) is 12.4 Å². The number of aliphatic hydroxyl groups excluding tert-OH is 3. The van der Waals surface area contributed by atoms with Gasteiger partial charge in [0.25, 0.3) is 5.56 Å². The van der Waals surface area contributed by atoms with Gasteiger partial charge in [0.2, 0.25) is 0 Å². The molecule has 130 valence electrons. The van der Waals surface area contributed by atoms with Crippen molar-refractivity contribution in [3.05, 3.63) is 44.5 Å². The highest BCUT2D eigenvalue weighted by atomic mass is 16.6. The van der Waals surface area contributed by atoms with Crippen LogP contribution in [0.15, 0.2) is 22.0 Å². The number of ether oxygens (including phenoxy) is 1. The summed E-state index contributed by atoms with van der Waals surface area (Å²) < 4.78 is 7.71. The molecule has 0 amide bonds. The molecule has 24 heavy (non-hydrogen) atoms. The van der Waals surface area contributed by atoms with Crippen molar-refractivity contribution in [2.45, 2.75) is 38.0 Å². The van der Waals surface area contributed by atoms with E-state index in [-0.39, 0.29) is 12.1 Å². The zero-order valence-electron chi connectivity index (χ0n) is 12.7. The number of hydrogen-bond acceptors (Lipinski definition) is 8. The van der Waals surface area contributed by atoms with Gasteiger partial charge in [-0.1, -0.05) is 5.21 Å². The van der Waals surface area contributed by atoms with E-state index in [1.54, 1.807) is 13.1 Å². The van der Waals surface area contributed by atoms with Crippen molar-refractivity contribution in [3.63, 3.8) is 0 Å². The van der Waals surface area contributed by atoms with Crippen LogP contribution >= 0.6 is 0 Å². The number of aliphatic hydroxyl groups is 3. The van der Waals surface area contributed by atoms with Crippen molar-refractivity contribution >= 4 is 0 Å². The molecule has 0 saturated carbocycles. The summed E-state index contributed by atoms with van der Waals surface area (Å²) in [5.74, 6) is 0. The van der Waals surface area contributed by atoms with Gasteiger partial charge in [-0.15, -0.1) is 5.10 Å². The van der Waals surface area contributed by atoms with Crippen LogP contribution in [0.2, 0.25) is 0 Å². The monoisotopic (exact) mass is 339 g/mol. The third kappa shape index (κ3) is 2.89. The minimum atomic E-state index is -1.42. The standard InChI is InChI=1S/C13H17N5O6/c1-6-2-17(16-15-6)3-7-4-18(13(23)14-11(7)22)12-10(21)9(20)8(5-19)24-12/h2,4,8-10,12,19-21H,3,5H2,1H3,(H,14,22,23)/t8-,9?,10+,12-/m1/s1.